The number of benzene rings is 1. The van der Waals surface area contributed by atoms with Crippen LogP contribution in [-0.2, 0) is 25.6 Å². The van der Waals surface area contributed by atoms with Crippen LogP contribution in [0.3, 0.4) is 0 Å². The number of carboxylic acid groups (broad SMARTS) is 1. The number of amides is 1. The topological polar surface area (TPSA) is 101 Å². The summed E-state index contributed by atoms with van der Waals surface area (Å²) in [6.45, 7) is 0. The van der Waals surface area contributed by atoms with Crippen LogP contribution in [0.5, 0.6) is 0 Å². The minimum Gasteiger partial charge on any atom is -0.480 e. The van der Waals surface area contributed by atoms with Crippen LogP contribution in [0.1, 0.15) is 5.56 Å². The summed E-state index contributed by atoms with van der Waals surface area (Å²) < 4.78 is 59.8. The largest absolute Gasteiger partial charge is 0.480 e. The Morgan fingerprint density at radius 2 is 1.81 bits per heavy atom. The van der Waals surface area contributed by atoms with E-state index in [0.29, 0.717) is 6.07 Å². The van der Waals surface area contributed by atoms with Crippen LogP contribution in [0.2, 0.25) is 0 Å². The molecular weight excluding hydrogens is 315 g/mol. The Bertz CT molecular complexity index is 654. The first kappa shape index (κ1) is 17.0. The van der Waals surface area contributed by atoms with Gasteiger partial charge in [0.25, 0.3) is 0 Å². The summed E-state index contributed by atoms with van der Waals surface area (Å²) in [5.41, 5.74) is -1.24. The summed E-state index contributed by atoms with van der Waals surface area (Å²) in [4.78, 5) is 21.7. The van der Waals surface area contributed by atoms with E-state index in [2.05, 4.69) is 0 Å². The average Bonchev–Trinajstić information content (AvgIpc) is 2.24. The van der Waals surface area contributed by atoms with Gasteiger partial charge in [0, 0.05) is 5.69 Å². The van der Waals surface area contributed by atoms with Crippen molar-refractivity contribution < 1.29 is 36.3 Å². The Hall–Kier alpha value is -2.10. The zero-order valence-electron chi connectivity index (χ0n) is 10.3. The highest BCUT2D eigenvalue weighted by Crippen LogP contribution is 2.30. The number of anilines is 1. The second-order valence-electron chi connectivity index (χ2n) is 4.05. The Morgan fingerprint density at radius 1 is 1.19 bits per heavy atom. The lowest BCUT2D eigenvalue weighted by Gasteiger charge is -2.09. The predicted molar refractivity (Wildman–Crippen MR) is 66.4 cm³/mol. The van der Waals surface area contributed by atoms with E-state index in [1.54, 1.807) is 0 Å². The fourth-order valence-corrected chi connectivity index (χ4v) is 2.36. The van der Waals surface area contributed by atoms with Gasteiger partial charge in [-0.2, -0.15) is 13.2 Å². The number of sulfone groups is 1. The lowest BCUT2D eigenvalue weighted by Crippen LogP contribution is -2.27. The Kier molecular flexibility index (Phi) is 4.94. The Balaban J connectivity index is 2.78. The number of alkyl halides is 3. The second-order valence-corrected chi connectivity index (χ2v) is 6.12. The van der Waals surface area contributed by atoms with Gasteiger partial charge in [-0.15, -0.1) is 0 Å². The minimum absolute atomic E-state index is 0.236. The maximum Gasteiger partial charge on any atom is 0.416 e. The first-order valence-corrected chi connectivity index (χ1v) is 7.21. The van der Waals surface area contributed by atoms with Gasteiger partial charge < -0.3 is 10.4 Å². The Labute approximate surface area is 117 Å². The van der Waals surface area contributed by atoms with Crippen molar-refractivity contribution in [3.8, 4) is 0 Å². The van der Waals surface area contributed by atoms with E-state index < -0.39 is 45.0 Å². The molecule has 0 atom stereocenters. The highest BCUT2D eigenvalue weighted by atomic mass is 32.2. The van der Waals surface area contributed by atoms with E-state index in [-0.39, 0.29) is 5.69 Å². The van der Waals surface area contributed by atoms with Gasteiger partial charge in [0.2, 0.25) is 5.91 Å². The van der Waals surface area contributed by atoms with Crippen molar-refractivity contribution in [1.82, 2.24) is 0 Å². The van der Waals surface area contributed by atoms with Crippen LogP contribution in [0.15, 0.2) is 24.3 Å². The fraction of sp³-hybridized carbons (Fsp3) is 0.273. The van der Waals surface area contributed by atoms with Crippen LogP contribution in [0, 0.1) is 0 Å². The lowest BCUT2D eigenvalue weighted by molar-refractivity contribution is -0.137. The standard InChI is InChI=1S/C11H10F3NO5S/c12-11(13,14)7-2-1-3-8(4-7)15-9(16)5-21(19,20)6-10(17)18/h1-4H,5-6H2,(H,15,16)(H,17,18). The number of nitrogens with one attached hydrogen (secondary N) is 1. The van der Waals surface area contributed by atoms with Gasteiger partial charge in [-0.25, -0.2) is 8.42 Å². The number of hydrogen-bond donors (Lipinski definition) is 2. The third-order valence-corrected chi connectivity index (χ3v) is 3.56. The Morgan fingerprint density at radius 3 is 2.33 bits per heavy atom. The van der Waals surface area contributed by atoms with Gasteiger partial charge in [-0.3, -0.25) is 9.59 Å². The zero-order chi connectivity index (χ0) is 16.3. The minimum atomic E-state index is -4.60. The van der Waals surface area contributed by atoms with Crippen molar-refractivity contribution in [2.24, 2.45) is 0 Å². The van der Waals surface area contributed by atoms with Gasteiger partial charge in [0.15, 0.2) is 9.84 Å². The maximum absolute atomic E-state index is 12.4. The van der Waals surface area contributed by atoms with E-state index in [0.717, 1.165) is 18.2 Å². The van der Waals surface area contributed by atoms with E-state index in [4.69, 9.17) is 5.11 Å². The molecule has 1 aromatic rings. The summed E-state index contributed by atoms with van der Waals surface area (Å²) in [7, 11) is -4.17. The molecule has 0 radical (unpaired) electrons. The molecule has 1 aromatic carbocycles. The molecule has 0 spiro atoms. The molecule has 10 heteroatoms. The first-order chi connectivity index (χ1) is 9.49. The smallest absolute Gasteiger partial charge is 0.416 e. The van der Waals surface area contributed by atoms with E-state index in [1.165, 1.54) is 0 Å². The van der Waals surface area contributed by atoms with Crippen molar-refractivity contribution in [3.05, 3.63) is 29.8 Å². The highest BCUT2D eigenvalue weighted by Gasteiger charge is 2.30. The van der Waals surface area contributed by atoms with Crippen molar-refractivity contribution in [1.29, 1.82) is 0 Å². The summed E-state index contributed by atoms with van der Waals surface area (Å²) >= 11 is 0. The number of hydrogen-bond acceptors (Lipinski definition) is 4. The quantitative estimate of drug-likeness (QED) is 0.845. The van der Waals surface area contributed by atoms with Crippen LogP contribution >= 0.6 is 0 Å². The molecule has 0 aliphatic carbocycles. The summed E-state index contributed by atoms with van der Waals surface area (Å²) in [6.07, 6.45) is -4.60. The molecule has 1 amide bonds. The monoisotopic (exact) mass is 325 g/mol. The normalized spacial score (nSPS) is 12.0. The van der Waals surface area contributed by atoms with Crippen LogP contribution in [-0.4, -0.2) is 36.9 Å². The van der Waals surface area contributed by atoms with E-state index >= 15 is 0 Å². The molecule has 0 aromatic heterocycles. The van der Waals surface area contributed by atoms with Crippen molar-refractivity contribution >= 4 is 27.4 Å². The van der Waals surface area contributed by atoms with Gasteiger partial charge in [-0.05, 0) is 18.2 Å². The predicted octanol–water partition coefficient (Wildman–Crippen LogP) is 1.14. The third kappa shape index (κ3) is 5.81. The first-order valence-electron chi connectivity index (χ1n) is 5.39. The molecule has 21 heavy (non-hydrogen) atoms. The summed E-state index contributed by atoms with van der Waals surface area (Å²) in [6, 6.07) is 3.62. The number of aliphatic carboxylic acids is 1. The second kappa shape index (κ2) is 6.12. The maximum atomic E-state index is 12.4. The molecule has 116 valence electrons. The molecule has 0 fully saturated rings. The molecule has 6 nitrogen and oxygen atoms in total. The van der Waals surface area contributed by atoms with E-state index in [1.807, 2.05) is 5.32 Å². The number of halogens is 3. The molecule has 0 aliphatic heterocycles. The lowest BCUT2D eigenvalue weighted by atomic mass is 10.2. The van der Waals surface area contributed by atoms with E-state index in [9.17, 15) is 31.2 Å². The number of carboxylic acids is 1. The van der Waals surface area contributed by atoms with Gasteiger partial charge in [0.1, 0.15) is 11.5 Å². The van der Waals surface area contributed by atoms with Gasteiger partial charge in [-0.1, -0.05) is 6.07 Å². The zero-order valence-corrected chi connectivity index (χ0v) is 11.2. The fourth-order valence-electron chi connectivity index (χ4n) is 1.41. The molecule has 0 saturated heterocycles. The number of carbonyl (C=O) groups excluding carboxylic acids is 1. The molecule has 0 aliphatic rings. The molecule has 2 N–H and O–H groups in total. The van der Waals surface area contributed by atoms with Crippen molar-refractivity contribution in [3.63, 3.8) is 0 Å². The average molecular weight is 325 g/mol. The number of carbonyl (C=O) groups is 2. The molecule has 0 unspecified atom stereocenters. The molecular formula is C11H10F3NO5S. The molecule has 1 rings (SSSR count). The van der Waals surface area contributed by atoms with Gasteiger partial charge in [0.05, 0.1) is 5.56 Å². The van der Waals surface area contributed by atoms with Gasteiger partial charge >= 0.3 is 12.1 Å². The van der Waals surface area contributed by atoms with Crippen molar-refractivity contribution in [2.75, 3.05) is 16.8 Å². The van der Waals surface area contributed by atoms with Crippen LogP contribution in [0.4, 0.5) is 18.9 Å². The third-order valence-electron chi connectivity index (χ3n) is 2.17. The molecule has 0 heterocycles. The molecule has 0 bridgehead atoms. The summed E-state index contributed by atoms with van der Waals surface area (Å²) in [5.74, 6) is -5.10. The molecule has 0 saturated carbocycles. The summed E-state index contributed by atoms with van der Waals surface area (Å²) in [5, 5.41) is 10.3. The van der Waals surface area contributed by atoms with Crippen LogP contribution in [0.25, 0.3) is 0 Å². The highest BCUT2D eigenvalue weighted by molar-refractivity contribution is 7.92. The SMILES string of the molecule is O=C(O)CS(=O)(=O)CC(=O)Nc1cccc(C(F)(F)F)c1. The van der Waals surface area contributed by atoms with Crippen LogP contribution < -0.4 is 5.32 Å². The number of rotatable bonds is 5. The van der Waals surface area contributed by atoms with Crippen molar-refractivity contribution in [2.45, 2.75) is 6.18 Å².